The molecule has 0 saturated heterocycles. The predicted molar refractivity (Wildman–Crippen MR) is 37.8 cm³/mol. The molecule has 0 fully saturated rings. The lowest BCUT2D eigenvalue weighted by atomic mass is 10.9. The van der Waals surface area contributed by atoms with E-state index >= 15 is 0 Å². The van der Waals surface area contributed by atoms with Crippen LogP contribution in [0.5, 0.6) is 0 Å². The predicted octanol–water partition coefficient (Wildman–Crippen LogP) is -0.974. The number of sulfonamides is 1. The van der Waals surface area contributed by atoms with E-state index in [0.717, 1.165) is 10.9 Å². The highest BCUT2D eigenvalue weighted by Gasteiger charge is 2.13. The Labute approximate surface area is 63.4 Å². The third kappa shape index (κ3) is 1.44. The van der Waals surface area contributed by atoms with Crippen molar-refractivity contribution in [1.82, 2.24) is 15.0 Å². The molecule has 60 valence electrons. The van der Waals surface area contributed by atoms with Gasteiger partial charge in [0.2, 0.25) is 0 Å². The van der Waals surface area contributed by atoms with Gasteiger partial charge in [0.1, 0.15) is 0 Å². The van der Waals surface area contributed by atoms with Gasteiger partial charge in [-0.2, -0.15) is 0 Å². The molecule has 0 spiro atoms. The zero-order chi connectivity index (χ0) is 8.48. The first-order valence-electron chi connectivity index (χ1n) is 2.61. The van der Waals surface area contributed by atoms with Crippen LogP contribution in [0.15, 0.2) is 17.8 Å². The van der Waals surface area contributed by atoms with Crippen molar-refractivity contribution >= 4 is 16.2 Å². The summed E-state index contributed by atoms with van der Waals surface area (Å²) in [7, 11) is -3.74. The van der Waals surface area contributed by atoms with Gasteiger partial charge in [-0.15, -0.1) is 5.10 Å². The maximum atomic E-state index is 10.7. The van der Waals surface area contributed by atoms with Gasteiger partial charge in [0.15, 0.2) is 5.03 Å². The van der Waals surface area contributed by atoms with E-state index in [4.69, 9.17) is 5.14 Å². The molecule has 11 heavy (non-hydrogen) atoms. The summed E-state index contributed by atoms with van der Waals surface area (Å²) >= 11 is 0. The Morgan fingerprint density at radius 3 is 2.73 bits per heavy atom. The number of primary sulfonamides is 1. The van der Waals surface area contributed by atoms with Crippen molar-refractivity contribution in [3.8, 4) is 0 Å². The van der Waals surface area contributed by atoms with Crippen molar-refractivity contribution in [3.63, 3.8) is 0 Å². The third-order valence-electron chi connectivity index (χ3n) is 1.01. The summed E-state index contributed by atoms with van der Waals surface area (Å²) in [5.41, 5.74) is 0. The highest BCUT2D eigenvalue weighted by Crippen LogP contribution is 2.01. The zero-order valence-corrected chi connectivity index (χ0v) is 6.32. The van der Waals surface area contributed by atoms with E-state index in [1.807, 2.05) is 0 Å². The Balaban J connectivity index is 3.35. The summed E-state index contributed by atoms with van der Waals surface area (Å²) in [6, 6.07) is 0. The van der Waals surface area contributed by atoms with Crippen molar-refractivity contribution in [2.45, 2.75) is 5.03 Å². The van der Waals surface area contributed by atoms with Crippen molar-refractivity contribution in [1.29, 1.82) is 0 Å². The van der Waals surface area contributed by atoms with Crippen LogP contribution in [0.3, 0.4) is 0 Å². The van der Waals surface area contributed by atoms with E-state index in [1.54, 1.807) is 0 Å². The number of nitrogens with two attached hydrogens (primary N) is 1. The molecule has 7 heteroatoms. The second kappa shape index (κ2) is 2.44. The fourth-order valence-electron chi connectivity index (χ4n) is 0.564. The fourth-order valence-corrected chi connectivity index (χ4v) is 1.13. The molecule has 1 rings (SSSR count). The standard InChI is InChI=1S/C4H6N4O2S/c1-2-8-4(3-6-7-8)11(5,9)10/h2-3H,1H2,(H2,5,9,10). The van der Waals surface area contributed by atoms with Gasteiger partial charge in [-0.3, -0.25) is 0 Å². The summed E-state index contributed by atoms with van der Waals surface area (Å²) in [5, 5.41) is 11.4. The van der Waals surface area contributed by atoms with Crippen molar-refractivity contribution < 1.29 is 8.42 Å². The smallest absolute Gasteiger partial charge is 0.223 e. The van der Waals surface area contributed by atoms with Gasteiger partial charge in [0.05, 0.1) is 6.20 Å². The molecule has 0 aliphatic heterocycles. The average molecular weight is 174 g/mol. The van der Waals surface area contributed by atoms with Gasteiger partial charge in [-0.05, 0) is 0 Å². The van der Waals surface area contributed by atoms with Crippen LogP contribution >= 0.6 is 0 Å². The lowest BCUT2D eigenvalue weighted by Crippen LogP contribution is -2.15. The molecule has 1 heterocycles. The third-order valence-corrected chi connectivity index (χ3v) is 1.88. The van der Waals surface area contributed by atoms with Crippen LogP contribution in [0, 0.1) is 0 Å². The quantitative estimate of drug-likeness (QED) is 0.624. The highest BCUT2D eigenvalue weighted by atomic mass is 32.2. The van der Waals surface area contributed by atoms with Crippen molar-refractivity contribution in [2.75, 3.05) is 0 Å². The number of hydrogen-bond donors (Lipinski definition) is 1. The molecule has 0 aliphatic rings. The number of rotatable bonds is 2. The number of nitrogens with zero attached hydrogens (tertiary/aromatic N) is 3. The number of aromatic nitrogens is 3. The molecule has 0 bridgehead atoms. The molecule has 0 aliphatic carbocycles. The van der Waals surface area contributed by atoms with Crippen LogP contribution in [-0.4, -0.2) is 23.4 Å². The minimum Gasteiger partial charge on any atom is -0.223 e. The van der Waals surface area contributed by atoms with E-state index in [-0.39, 0.29) is 5.03 Å². The molecule has 1 aromatic rings. The van der Waals surface area contributed by atoms with Gasteiger partial charge in [-0.25, -0.2) is 18.2 Å². The molecule has 1 aromatic heterocycles. The van der Waals surface area contributed by atoms with Gasteiger partial charge < -0.3 is 0 Å². The minimum absolute atomic E-state index is 0.174. The largest absolute Gasteiger partial charge is 0.257 e. The first kappa shape index (κ1) is 7.89. The van der Waals surface area contributed by atoms with E-state index in [9.17, 15) is 8.42 Å². The Hall–Kier alpha value is -1.21. The molecule has 0 radical (unpaired) electrons. The lowest BCUT2D eigenvalue weighted by molar-refractivity contribution is 0.589. The van der Waals surface area contributed by atoms with Crippen LogP contribution in [0.2, 0.25) is 0 Å². The van der Waals surface area contributed by atoms with Crippen LogP contribution < -0.4 is 5.14 Å². The van der Waals surface area contributed by atoms with Crippen molar-refractivity contribution in [2.24, 2.45) is 5.14 Å². The monoisotopic (exact) mass is 174 g/mol. The van der Waals surface area contributed by atoms with Gasteiger partial charge in [0.25, 0.3) is 10.0 Å². The molecule has 0 atom stereocenters. The first-order valence-corrected chi connectivity index (χ1v) is 4.16. The van der Waals surface area contributed by atoms with Crippen molar-refractivity contribution in [3.05, 3.63) is 12.8 Å². The molecule has 0 amide bonds. The topological polar surface area (TPSA) is 90.9 Å². The molecule has 0 saturated carbocycles. The molecular formula is C4H6N4O2S. The zero-order valence-electron chi connectivity index (χ0n) is 5.51. The van der Waals surface area contributed by atoms with Crippen LogP contribution in [-0.2, 0) is 10.0 Å². The average Bonchev–Trinajstić information content (AvgIpc) is 2.31. The maximum Gasteiger partial charge on any atom is 0.257 e. The van der Waals surface area contributed by atoms with Crippen LogP contribution in [0.1, 0.15) is 0 Å². The lowest BCUT2D eigenvalue weighted by Gasteiger charge is -1.94. The van der Waals surface area contributed by atoms with E-state index < -0.39 is 10.0 Å². The Morgan fingerprint density at radius 2 is 2.36 bits per heavy atom. The minimum atomic E-state index is -3.74. The van der Waals surface area contributed by atoms with Gasteiger partial charge in [-0.1, -0.05) is 11.8 Å². The molecular weight excluding hydrogens is 168 g/mol. The van der Waals surface area contributed by atoms with Gasteiger partial charge >= 0.3 is 0 Å². The summed E-state index contributed by atoms with van der Waals surface area (Å²) < 4.78 is 22.4. The Bertz CT molecular complexity index is 365. The van der Waals surface area contributed by atoms with Crippen LogP contribution in [0.25, 0.3) is 6.20 Å². The molecule has 0 unspecified atom stereocenters. The number of hydrogen-bond acceptors (Lipinski definition) is 4. The van der Waals surface area contributed by atoms with E-state index in [2.05, 4.69) is 16.9 Å². The SMILES string of the molecule is C=Cn1nncc1S(N)(=O)=O. The normalized spacial score (nSPS) is 11.4. The second-order valence-corrected chi connectivity index (χ2v) is 3.25. The molecule has 0 aromatic carbocycles. The second-order valence-electron chi connectivity index (χ2n) is 1.74. The maximum absolute atomic E-state index is 10.7. The van der Waals surface area contributed by atoms with E-state index in [0.29, 0.717) is 0 Å². The Morgan fingerprint density at radius 1 is 1.73 bits per heavy atom. The van der Waals surface area contributed by atoms with Gasteiger partial charge in [0, 0.05) is 6.20 Å². The van der Waals surface area contributed by atoms with E-state index in [1.165, 1.54) is 6.20 Å². The first-order chi connectivity index (χ1) is 5.05. The summed E-state index contributed by atoms with van der Waals surface area (Å²) in [5.74, 6) is 0. The summed E-state index contributed by atoms with van der Waals surface area (Å²) in [6.45, 7) is 3.32. The highest BCUT2D eigenvalue weighted by molar-refractivity contribution is 7.89. The summed E-state index contributed by atoms with van der Waals surface area (Å²) in [4.78, 5) is 0. The molecule has 2 N–H and O–H groups in total. The fraction of sp³-hybridized carbons (Fsp3) is 0. The summed E-state index contributed by atoms with van der Waals surface area (Å²) in [6.07, 6.45) is 2.25. The Kier molecular flexibility index (Phi) is 1.75. The molecule has 6 nitrogen and oxygen atoms in total. The van der Waals surface area contributed by atoms with Crippen LogP contribution in [0.4, 0.5) is 0 Å².